The molecule has 0 saturated carbocycles. The molecule has 1 N–H and O–H groups in total. The van der Waals surface area contributed by atoms with Crippen molar-refractivity contribution in [1.29, 1.82) is 0 Å². The predicted octanol–water partition coefficient (Wildman–Crippen LogP) is 5.74. The van der Waals surface area contributed by atoms with Crippen LogP contribution in [0.25, 0.3) is 0 Å². The highest BCUT2D eigenvalue weighted by Gasteiger charge is 2.18. The Morgan fingerprint density at radius 1 is 1.20 bits per heavy atom. The molecule has 0 fully saturated rings. The van der Waals surface area contributed by atoms with Gasteiger partial charge in [-0.05, 0) is 78.1 Å². The largest absolute Gasteiger partial charge is 0.496 e. The molecule has 6 heteroatoms. The van der Waals surface area contributed by atoms with E-state index >= 15 is 0 Å². The minimum atomic E-state index is 0.176. The van der Waals surface area contributed by atoms with Gasteiger partial charge in [-0.2, -0.15) is 0 Å². The van der Waals surface area contributed by atoms with Gasteiger partial charge in [-0.15, -0.1) is 11.3 Å². The number of hydrogen-bond acceptors (Lipinski definition) is 3. The molecule has 1 aromatic heterocycles. The quantitative estimate of drug-likeness (QED) is 0.585. The fraction of sp³-hybridized carbons (Fsp3) is 0.286. The number of rotatable bonds is 5. The van der Waals surface area contributed by atoms with Crippen LogP contribution in [-0.4, -0.2) is 13.7 Å². The highest BCUT2D eigenvalue weighted by Crippen LogP contribution is 2.38. The topological polar surface area (TPSA) is 21.3 Å². The van der Waals surface area contributed by atoms with Crippen LogP contribution in [0, 0.1) is 0 Å². The van der Waals surface area contributed by atoms with E-state index in [4.69, 9.17) is 4.74 Å². The van der Waals surface area contributed by atoms with E-state index in [-0.39, 0.29) is 6.04 Å². The van der Waals surface area contributed by atoms with Crippen molar-refractivity contribution in [2.24, 2.45) is 0 Å². The number of ether oxygens (including phenoxy) is 1. The molecule has 0 aliphatic carbocycles. The second-order valence-electron chi connectivity index (χ2n) is 4.16. The van der Waals surface area contributed by atoms with Gasteiger partial charge in [-0.25, -0.2) is 0 Å². The lowest BCUT2D eigenvalue weighted by molar-refractivity contribution is 0.412. The van der Waals surface area contributed by atoms with Crippen LogP contribution in [0.15, 0.2) is 37.0 Å². The molecular weight excluding hydrogens is 470 g/mol. The first-order chi connectivity index (χ1) is 9.56. The molecule has 1 heterocycles. The van der Waals surface area contributed by atoms with Gasteiger partial charge in [-0.1, -0.05) is 13.0 Å². The molecule has 0 amide bonds. The molecule has 1 aromatic carbocycles. The molecule has 0 radical (unpaired) electrons. The van der Waals surface area contributed by atoms with Crippen LogP contribution in [-0.2, 0) is 0 Å². The van der Waals surface area contributed by atoms with Gasteiger partial charge in [0.15, 0.2) is 0 Å². The Hall–Kier alpha value is 0.120. The zero-order valence-electron chi connectivity index (χ0n) is 11.0. The minimum absolute atomic E-state index is 0.176. The third-order valence-electron chi connectivity index (χ3n) is 2.87. The van der Waals surface area contributed by atoms with Crippen LogP contribution in [0.3, 0.4) is 0 Å². The van der Waals surface area contributed by atoms with Crippen LogP contribution < -0.4 is 10.1 Å². The first kappa shape index (κ1) is 16.5. The smallest absolute Gasteiger partial charge is 0.133 e. The summed E-state index contributed by atoms with van der Waals surface area (Å²) in [7, 11) is 1.68. The highest BCUT2D eigenvalue weighted by molar-refractivity contribution is 9.13. The van der Waals surface area contributed by atoms with Crippen molar-refractivity contribution >= 4 is 59.1 Å². The third kappa shape index (κ3) is 3.65. The SMILES string of the molecule is CCNC(c1ccc(OC)c(Br)c1)c1cc(Br)c(Br)s1. The number of benzene rings is 1. The number of nitrogens with one attached hydrogen (secondary N) is 1. The van der Waals surface area contributed by atoms with Gasteiger partial charge in [0, 0.05) is 9.35 Å². The van der Waals surface area contributed by atoms with E-state index in [9.17, 15) is 0 Å². The molecule has 0 aliphatic rings. The molecule has 2 aromatic rings. The Bertz CT molecular complexity index is 581. The van der Waals surface area contributed by atoms with Crippen molar-refractivity contribution in [1.82, 2.24) is 5.32 Å². The van der Waals surface area contributed by atoms with Crippen molar-refractivity contribution in [3.05, 3.63) is 47.4 Å². The van der Waals surface area contributed by atoms with E-state index in [0.29, 0.717) is 0 Å². The third-order valence-corrected chi connectivity index (χ3v) is 6.81. The van der Waals surface area contributed by atoms with Crippen molar-refractivity contribution in [3.8, 4) is 5.75 Å². The number of methoxy groups -OCH3 is 1. The molecule has 20 heavy (non-hydrogen) atoms. The highest BCUT2D eigenvalue weighted by atomic mass is 79.9. The summed E-state index contributed by atoms with van der Waals surface area (Å²) >= 11 is 12.4. The average Bonchev–Trinajstić information content (AvgIpc) is 2.75. The maximum atomic E-state index is 5.29. The maximum absolute atomic E-state index is 5.29. The van der Waals surface area contributed by atoms with Gasteiger partial charge in [0.1, 0.15) is 5.75 Å². The summed E-state index contributed by atoms with van der Waals surface area (Å²) < 4.78 is 8.46. The summed E-state index contributed by atoms with van der Waals surface area (Å²) in [4.78, 5) is 1.27. The first-order valence-corrected chi connectivity index (χ1v) is 9.28. The Labute approximate surface area is 148 Å². The van der Waals surface area contributed by atoms with Gasteiger partial charge in [-0.3, -0.25) is 0 Å². The van der Waals surface area contributed by atoms with Crippen LogP contribution in [0.5, 0.6) is 5.75 Å². The zero-order valence-corrected chi connectivity index (χ0v) is 16.6. The molecule has 1 atom stereocenters. The molecular formula is C14H14Br3NOS. The van der Waals surface area contributed by atoms with E-state index in [1.807, 2.05) is 6.07 Å². The van der Waals surface area contributed by atoms with Crippen molar-refractivity contribution in [2.75, 3.05) is 13.7 Å². The van der Waals surface area contributed by atoms with Gasteiger partial charge in [0.2, 0.25) is 0 Å². The van der Waals surface area contributed by atoms with Gasteiger partial charge < -0.3 is 10.1 Å². The summed E-state index contributed by atoms with van der Waals surface area (Å²) in [6.45, 7) is 3.02. The monoisotopic (exact) mass is 481 g/mol. The molecule has 1 unspecified atom stereocenters. The van der Waals surface area contributed by atoms with Crippen LogP contribution in [0.4, 0.5) is 0 Å². The van der Waals surface area contributed by atoms with E-state index in [2.05, 4.69) is 78.2 Å². The van der Waals surface area contributed by atoms with E-state index in [0.717, 1.165) is 25.0 Å². The zero-order chi connectivity index (χ0) is 14.7. The molecule has 2 nitrogen and oxygen atoms in total. The number of hydrogen-bond donors (Lipinski definition) is 1. The second kappa shape index (κ2) is 7.40. The van der Waals surface area contributed by atoms with Crippen molar-refractivity contribution in [3.63, 3.8) is 0 Å². The summed E-state index contributed by atoms with van der Waals surface area (Å²) in [5, 5.41) is 3.53. The van der Waals surface area contributed by atoms with Gasteiger partial charge >= 0.3 is 0 Å². The van der Waals surface area contributed by atoms with Gasteiger partial charge in [0.25, 0.3) is 0 Å². The van der Waals surface area contributed by atoms with Crippen LogP contribution in [0.2, 0.25) is 0 Å². The number of thiophene rings is 1. The second-order valence-corrected chi connectivity index (χ2v) is 8.27. The summed E-state index contributed by atoms with van der Waals surface area (Å²) in [5.41, 5.74) is 1.21. The fourth-order valence-corrected chi connectivity index (χ4v) is 4.71. The molecule has 0 spiro atoms. The maximum Gasteiger partial charge on any atom is 0.133 e. The van der Waals surface area contributed by atoms with E-state index in [1.54, 1.807) is 18.4 Å². The van der Waals surface area contributed by atoms with Crippen LogP contribution in [0.1, 0.15) is 23.4 Å². The lowest BCUT2D eigenvalue weighted by Crippen LogP contribution is -2.21. The Morgan fingerprint density at radius 2 is 1.95 bits per heavy atom. The fourth-order valence-electron chi connectivity index (χ4n) is 1.95. The molecule has 2 rings (SSSR count). The minimum Gasteiger partial charge on any atom is -0.496 e. The average molecular weight is 484 g/mol. The molecule has 0 aliphatic heterocycles. The Morgan fingerprint density at radius 3 is 2.45 bits per heavy atom. The lowest BCUT2D eigenvalue weighted by Gasteiger charge is -2.18. The lowest BCUT2D eigenvalue weighted by atomic mass is 10.1. The predicted molar refractivity (Wildman–Crippen MR) is 95.9 cm³/mol. The van der Waals surface area contributed by atoms with E-state index in [1.165, 1.54) is 10.4 Å². The van der Waals surface area contributed by atoms with Crippen LogP contribution >= 0.6 is 59.1 Å². The van der Waals surface area contributed by atoms with Crippen molar-refractivity contribution in [2.45, 2.75) is 13.0 Å². The first-order valence-electron chi connectivity index (χ1n) is 6.08. The van der Waals surface area contributed by atoms with Crippen molar-refractivity contribution < 1.29 is 4.74 Å². The molecule has 0 saturated heterocycles. The summed E-state index contributed by atoms with van der Waals surface area (Å²) in [5.74, 6) is 0.845. The molecule has 108 valence electrons. The standard InChI is InChI=1S/C14H14Br3NOS/c1-3-18-13(12-7-10(16)14(17)20-12)8-4-5-11(19-2)9(15)6-8/h4-7,13,18H,3H2,1-2H3. The Kier molecular flexibility index (Phi) is 6.10. The number of halogens is 3. The molecule has 0 bridgehead atoms. The van der Waals surface area contributed by atoms with Gasteiger partial charge in [0.05, 0.1) is 21.4 Å². The summed E-state index contributed by atoms with van der Waals surface area (Å²) in [6.07, 6.45) is 0. The normalized spacial score (nSPS) is 12.4. The Balaban J connectivity index is 2.40. The van der Waals surface area contributed by atoms with E-state index < -0.39 is 0 Å². The summed E-state index contributed by atoms with van der Waals surface area (Å²) in [6, 6.07) is 8.52.